The van der Waals surface area contributed by atoms with E-state index in [1.807, 2.05) is 6.07 Å². The molecule has 27 heavy (non-hydrogen) atoms. The van der Waals surface area contributed by atoms with E-state index in [2.05, 4.69) is 31.7 Å². The molecule has 10 nitrogen and oxygen atoms in total. The van der Waals surface area contributed by atoms with Crippen molar-refractivity contribution in [2.24, 2.45) is 5.92 Å². The topological polar surface area (TPSA) is 123 Å². The van der Waals surface area contributed by atoms with Crippen molar-refractivity contribution in [3.05, 3.63) is 36.2 Å². The molecule has 1 saturated heterocycles. The lowest BCUT2D eigenvalue weighted by Gasteiger charge is -2.32. The number of benzene rings is 1. The number of amides is 1. The molecule has 0 bridgehead atoms. The zero-order valence-electron chi connectivity index (χ0n) is 14.8. The summed E-state index contributed by atoms with van der Waals surface area (Å²) in [6.45, 7) is 0. The van der Waals surface area contributed by atoms with Gasteiger partial charge in [0.15, 0.2) is 0 Å². The first-order valence-electron chi connectivity index (χ1n) is 8.89. The van der Waals surface area contributed by atoms with Crippen LogP contribution in [0.1, 0.15) is 29.6 Å². The number of aromatic nitrogens is 4. The summed E-state index contributed by atoms with van der Waals surface area (Å²) in [4.78, 5) is 24.6. The van der Waals surface area contributed by atoms with Gasteiger partial charge in [0.2, 0.25) is 0 Å². The number of methoxy groups -OCH3 is 1. The first-order valence-corrected chi connectivity index (χ1v) is 8.89. The van der Waals surface area contributed by atoms with Crippen LogP contribution in [-0.4, -0.2) is 57.3 Å². The number of nitrogens with zero attached hydrogens (tertiary/aromatic N) is 4. The van der Waals surface area contributed by atoms with E-state index < -0.39 is 0 Å². The molecule has 1 amide bonds. The molecule has 2 aliphatic rings. The van der Waals surface area contributed by atoms with Crippen molar-refractivity contribution in [2.45, 2.75) is 37.4 Å². The number of ether oxygens (including phenoxy) is 1. The number of carbonyl (C=O) groups is 2. The van der Waals surface area contributed by atoms with Gasteiger partial charge >= 0.3 is 5.97 Å². The van der Waals surface area contributed by atoms with Crippen LogP contribution in [0.25, 0.3) is 5.69 Å². The van der Waals surface area contributed by atoms with Gasteiger partial charge in [0.25, 0.3) is 5.91 Å². The fourth-order valence-corrected chi connectivity index (χ4v) is 3.89. The third-order valence-corrected chi connectivity index (χ3v) is 5.26. The molecular weight excluding hydrogens is 350 g/mol. The number of nitrogens with one attached hydrogen (secondary N) is 3. The molecule has 2 aromatic rings. The minimum absolute atomic E-state index is 0.00398. The van der Waals surface area contributed by atoms with E-state index in [0.29, 0.717) is 17.7 Å². The fourth-order valence-electron chi connectivity index (χ4n) is 3.89. The first-order chi connectivity index (χ1) is 13.2. The standard InChI is InChI=1S/C17H21N7O3/c1-27-17(26)15-13-8-11(5-6-14(13)20-21-15)19-16(25)10-3-2-4-12(7-10)24-9-18-22-23-24/h2-4,7,9,11,13-15,20-21H,5-6,8H2,1H3,(H,19,25). The summed E-state index contributed by atoms with van der Waals surface area (Å²) in [7, 11) is 1.39. The average molecular weight is 371 g/mol. The van der Waals surface area contributed by atoms with Gasteiger partial charge in [0.05, 0.1) is 12.8 Å². The molecule has 1 aliphatic heterocycles. The van der Waals surface area contributed by atoms with Crippen LogP contribution in [0.15, 0.2) is 30.6 Å². The van der Waals surface area contributed by atoms with E-state index >= 15 is 0 Å². The van der Waals surface area contributed by atoms with Crippen LogP contribution in [0.3, 0.4) is 0 Å². The Morgan fingerprint density at radius 1 is 1.30 bits per heavy atom. The van der Waals surface area contributed by atoms with Gasteiger partial charge in [-0.2, -0.15) is 0 Å². The van der Waals surface area contributed by atoms with Crippen molar-refractivity contribution < 1.29 is 14.3 Å². The molecular formula is C17H21N7O3. The lowest BCUT2D eigenvalue weighted by Crippen LogP contribution is -2.46. The van der Waals surface area contributed by atoms with E-state index in [4.69, 9.17) is 4.74 Å². The molecule has 1 aliphatic carbocycles. The predicted octanol–water partition coefficient (Wildman–Crippen LogP) is -0.421. The number of rotatable bonds is 4. The Kier molecular flexibility index (Phi) is 4.82. The van der Waals surface area contributed by atoms with Crippen molar-refractivity contribution in [2.75, 3.05) is 7.11 Å². The average Bonchev–Trinajstić information content (AvgIpc) is 3.37. The van der Waals surface area contributed by atoms with Crippen molar-refractivity contribution in [3.63, 3.8) is 0 Å². The highest BCUT2D eigenvalue weighted by Gasteiger charge is 2.44. The van der Waals surface area contributed by atoms with E-state index in [1.54, 1.807) is 18.2 Å². The van der Waals surface area contributed by atoms with Crippen molar-refractivity contribution >= 4 is 11.9 Å². The quantitative estimate of drug-likeness (QED) is 0.619. The summed E-state index contributed by atoms with van der Waals surface area (Å²) >= 11 is 0. The lowest BCUT2D eigenvalue weighted by atomic mass is 9.79. The summed E-state index contributed by atoms with van der Waals surface area (Å²) in [6, 6.07) is 6.95. The van der Waals surface area contributed by atoms with Gasteiger partial charge in [-0.1, -0.05) is 6.07 Å². The Morgan fingerprint density at radius 2 is 2.19 bits per heavy atom. The van der Waals surface area contributed by atoms with Gasteiger partial charge in [-0.15, -0.1) is 5.10 Å². The van der Waals surface area contributed by atoms with E-state index in [9.17, 15) is 9.59 Å². The smallest absolute Gasteiger partial charge is 0.324 e. The molecule has 2 heterocycles. The molecule has 4 unspecified atom stereocenters. The largest absolute Gasteiger partial charge is 0.468 e. The first kappa shape index (κ1) is 17.6. The second-order valence-electron chi connectivity index (χ2n) is 6.85. The molecule has 1 aromatic heterocycles. The number of fused-ring (bicyclic) bond motifs is 1. The van der Waals surface area contributed by atoms with Crippen molar-refractivity contribution in [1.82, 2.24) is 36.4 Å². The van der Waals surface area contributed by atoms with Crippen LogP contribution < -0.4 is 16.2 Å². The Hall–Kier alpha value is -2.85. The Balaban J connectivity index is 1.43. The molecule has 10 heteroatoms. The third-order valence-electron chi connectivity index (χ3n) is 5.26. The molecule has 4 rings (SSSR count). The van der Waals surface area contributed by atoms with Gasteiger partial charge in [0, 0.05) is 23.6 Å². The SMILES string of the molecule is COC(=O)C1NNC2CCC(NC(=O)c3cccc(-n4cnnn4)c3)CC21. The van der Waals surface area contributed by atoms with Gasteiger partial charge in [-0.25, -0.2) is 10.1 Å². The molecule has 3 N–H and O–H groups in total. The zero-order valence-corrected chi connectivity index (χ0v) is 14.8. The van der Waals surface area contributed by atoms with Crippen molar-refractivity contribution in [3.8, 4) is 5.69 Å². The summed E-state index contributed by atoms with van der Waals surface area (Å²) < 4.78 is 6.37. The van der Waals surface area contributed by atoms with Gasteiger partial charge in [0.1, 0.15) is 12.4 Å². The van der Waals surface area contributed by atoms with E-state index in [0.717, 1.165) is 12.8 Å². The highest BCUT2D eigenvalue weighted by molar-refractivity contribution is 5.94. The Bertz CT molecular complexity index is 826. The van der Waals surface area contributed by atoms with Gasteiger partial charge in [-0.05, 0) is 47.9 Å². The van der Waals surface area contributed by atoms with Crippen LogP contribution in [0.5, 0.6) is 0 Å². The molecule has 0 spiro atoms. The normalized spacial score (nSPS) is 27.0. The highest BCUT2D eigenvalue weighted by Crippen LogP contribution is 2.31. The summed E-state index contributed by atoms with van der Waals surface area (Å²) in [6.07, 6.45) is 3.91. The highest BCUT2D eigenvalue weighted by atomic mass is 16.5. The van der Waals surface area contributed by atoms with Crippen LogP contribution >= 0.6 is 0 Å². The van der Waals surface area contributed by atoms with Crippen molar-refractivity contribution in [1.29, 1.82) is 0 Å². The van der Waals surface area contributed by atoms with E-state index in [1.165, 1.54) is 18.1 Å². The lowest BCUT2D eigenvalue weighted by molar-refractivity contribution is -0.144. The third kappa shape index (κ3) is 3.53. The second kappa shape index (κ2) is 7.41. The minimum Gasteiger partial charge on any atom is -0.468 e. The maximum Gasteiger partial charge on any atom is 0.324 e. The maximum atomic E-state index is 12.7. The summed E-state index contributed by atoms with van der Waals surface area (Å²) in [5.41, 5.74) is 7.44. The van der Waals surface area contributed by atoms with Crippen LogP contribution in [0.2, 0.25) is 0 Å². The zero-order chi connectivity index (χ0) is 18.8. The summed E-state index contributed by atoms with van der Waals surface area (Å²) in [5.74, 6) is -0.345. The number of hydrogen-bond donors (Lipinski definition) is 3. The Labute approximate surface area is 155 Å². The Morgan fingerprint density at radius 3 is 2.96 bits per heavy atom. The molecule has 2 fully saturated rings. The fraction of sp³-hybridized carbons (Fsp3) is 0.471. The molecule has 1 aromatic carbocycles. The molecule has 4 atom stereocenters. The van der Waals surface area contributed by atoms with Crippen LogP contribution in [0, 0.1) is 5.92 Å². The second-order valence-corrected chi connectivity index (χ2v) is 6.85. The van der Waals surface area contributed by atoms with Gasteiger partial charge < -0.3 is 10.1 Å². The minimum atomic E-state index is -0.386. The van der Waals surface area contributed by atoms with Crippen LogP contribution in [0.4, 0.5) is 0 Å². The maximum absolute atomic E-state index is 12.7. The van der Waals surface area contributed by atoms with Crippen LogP contribution in [-0.2, 0) is 9.53 Å². The number of hydrazine groups is 1. The number of hydrogen-bond acceptors (Lipinski definition) is 8. The molecule has 0 radical (unpaired) electrons. The summed E-state index contributed by atoms with van der Waals surface area (Å²) in [5, 5.41) is 14.1. The monoisotopic (exact) mass is 371 g/mol. The van der Waals surface area contributed by atoms with Gasteiger partial charge in [-0.3, -0.25) is 15.0 Å². The number of carbonyl (C=O) groups excluding carboxylic acids is 2. The molecule has 1 saturated carbocycles. The number of esters is 1. The number of tetrazole rings is 1. The predicted molar refractivity (Wildman–Crippen MR) is 93.6 cm³/mol. The molecule has 142 valence electrons. The van der Waals surface area contributed by atoms with E-state index in [-0.39, 0.29) is 35.9 Å².